The smallest absolute Gasteiger partial charge is 0.0781 e. The summed E-state index contributed by atoms with van der Waals surface area (Å²) in [7, 11) is 0. The van der Waals surface area contributed by atoms with Crippen molar-refractivity contribution >= 4 is 5.69 Å². The van der Waals surface area contributed by atoms with Gasteiger partial charge >= 0.3 is 0 Å². The van der Waals surface area contributed by atoms with Gasteiger partial charge in [0.25, 0.3) is 0 Å². The number of para-hydroxylation sites is 1. The van der Waals surface area contributed by atoms with Crippen LogP contribution in [0.1, 0.15) is 31.9 Å². The lowest BCUT2D eigenvalue weighted by Crippen LogP contribution is -2.26. The van der Waals surface area contributed by atoms with Crippen molar-refractivity contribution < 1.29 is 10.2 Å². The number of nitrogens with zero attached hydrogens (tertiary/aromatic N) is 1. The first-order chi connectivity index (χ1) is 7.70. The molecule has 0 fully saturated rings. The lowest BCUT2D eigenvalue weighted by atomic mass is 10.1. The topological polar surface area (TPSA) is 43.7 Å². The van der Waals surface area contributed by atoms with E-state index in [2.05, 4.69) is 11.8 Å². The van der Waals surface area contributed by atoms with Gasteiger partial charge in [0.15, 0.2) is 0 Å². The largest absolute Gasteiger partial charge is 0.396 e. The molecular formula is C13H21NO2. The number of aliphatic hydroxyl groups is 2. The lowest BCUT2D eigenvalue weighted by Gasteiger charge is -2.26. The minimum Gasteiger partial charge on any atom is -0.396 e. The fraction of sp³-hybridized carbons (Fsp3) is 0.538. The van der Waals surface area contributed by atoms with Gasteiger partial charge in [-0.1, -0.05) is 18.2 Å². The van der Waals surface area contributed by atoms with Gasteiger partial charge < -0.3 is 15.1 Å². The van der Waals surface area contributed by atoms with Gasteiger partial charge in [-0.15, -0.1) is 0 Å². The van der Waals surface area contributed by atoms with E-state index < -0.39 is 6.10 Å². The average Bonchev–Trinajstić information content (AvgIpc) is 2.30. The van der Waals surface area contributed by atoms with Crippen LogP contribution in [-0.2, 0) is 0 Å². The predicted molar refractivity (Wildman–Crippen MR) is 66.7 cm³/mol. The number of hydrogen-bond donors (Lipinski definition) is 2. The molecule has 0 bridgehead atoms. The van der Waals surface area contributed by atoms with E-state index in [-0.39, 0.29) is 6.61 Å². The Hall–Kier alpha value is -1.06. The summed E-state index contributed by atoms with van der Waals surface area (Å²) in [4.78, 5) is 2.18. The van der Waals surface area contributed by atoms with E-state index in [1.807, 2.05) is 24.3 Å². The van der Waals surface area contributed by atoms with Crippen LogP contribution in [0, 0.1) is 0 Å². The van der Waals surface area contributed by atoms with Gasteiger partial charge in [0.05, 0.1) is 6.10 Å². The molecule has 0 saturated heterocycles. The standard InChI is InChI=1S/C13H21NO2/c1-3-14(9-6-10-15)13-8-5-4-7-12(13)11(2)16/h4-5,7-8,11,15-16H,3,6,9-10H2,1-2H3/t11-/m0/s1. The monoisotopic (exact) mass is 223 g/mol. The molecule has 0 spiro atoms. The van der Waals surface area contributed by atoms with E-state index >= 15 is 0 Å². The van der Waals surface area contributed by atoms with Crippen molar-refractivity contribution in [2.75, 3.05) is 24.6 Å². The van der Waals surface area contributed by atoms with Gasteiger partial charge in [0.2, 0.25) is 0 Å². The van der Waals surface area contributed by atoms with Crippen LogP contribution in [0.4, 0.5) is 5.69 Å². The summed E-state index contributed by atoms with van der Waals surface area (Å²) in [5.41, 5.74) is 2.01. The maximum atomic E-state index is 9.70. The van der Waals surface area contributed by atoms with Gasteiger partial charge in [-0.3, -0.25) is 0 Å². The van der Waals surface area contributed by atoms with E-state index in [1.54, 1.807) is 6.92 Å². The molecule has 1 aromatic rings. The fourth-order valence-electron chi connectivity index (χ4n) is 1.84. The number of hydrogen-bond acceptors (Lipinski definition) is 3. The maximum Gasteiger partial charge on any atom is 0.0781 e. The number of benzene rings is 1. The zero-order chi connectivity index (χ0) is 12.0. The fourth-order valence-corrected chi connectivity index (χ4v) is 1.84. The second kappa shape index (κ2) is 6.51. The minimum atomic E-state index is -0.459. The van der Waals surface area contributed by atoms with E-state index in [4.69, 9.17) is 5.11 Å². The third-order valence-corrected chi connectivity index (χ3v) is 2.70. The van der Waals surface area contributed by atoms with E-state index in [0.29, 0.717) is 0 Å². The van der Waals surface area contributed by atoms with Crippen LogP contribution in [0.25, 0.3) is 0 Å². The summed E-state index contributed by atoms with van der Waals surface area (Å²) in [5.74, 6) is 0. The minimum absolute atomic E-state index is 0.202. The van der Waals surface area contributed by atoms with Gasteiger partial charge in [0, 0.05) is 30.9 Å². The molecule has 1 atom stereocenters. The molecule has 16 heavy (non-hydrogen) atoms. The highest BCUT2D eigenvalue weighted by atomic mass is 16.3. The molecule has 3 heteroatoms. The SMILES string of the molecule is CCN(CCCO)c1ccccc1[C@H](C)O. The Morgan fingerprint density at radius 2 is 2.00 bits per heavy atom. The highest BCUT2D eigenvalue weighted by Gasteiger charge is 2.11. The van der Waals surface area contributed by atoms with Crippen molar-refractivity contribution in [3.63, 3.8) is 0 Å². The zero-order valence-electron chi connectivity index (χ0n) is 10.1. The molecule has 0 unspecified atom stereocenters. The van der Waals surface area contributed by atoms with Crippen molar-refractivity contribution in [1.29, 1.82) is 0 Å². The van der Waals surface area contributed by atoms with Gasteiger partial charge in [0.1, 0.15) is 0 Å². The van der Waals surface area contributed by atoms with E-state index in [0.717, 1.165) is 30.8 Å². The molecule has 0 radical (unpaired) electrons. The van der Waals surface area contributed by atoms with Crippen LogP contribution in [0.5, 0.6) is 0 Å². The molecule has 0 amide bonds. The molecule has 90 valence electrons. The van der Waals surface area contributed by atoms with Gasteiger partial charge in [-0.2, -0.15) is 0 Å². The zero-order valence-corrected chi connectivity index (χ0v) is 10.1. The van der Waals surface area contributed by atoms with Gasteiger partial charge in [-0.25, -0.2) is 0 Å². The second-order valence-corrected chi connectivity index (χ2v) is 3.89. The molecule has 1 aromatic carbocycles. The van der Waals surface area contributed by atoms with Crippen LogP contribution in [0.15, 0.2) is 24.3 Å². The molecular weight excluding hydrogens is 202 g/mol. The predicted octanol–water partition coefficient (Wildman–Crippen LogP) is 1.95. The van der Waals surface area contributed by atoms with Crippen LogP contribution in [-0.4, -0.2) is 29.9 Å². The third kappa shape index (κ3) is 3.22. The first-order valence-electron chi connectivity index (χ1n) is 5.83. The molecule has 0 heterocycles. The summed E-state index contributed by atoms with van der Waals surface area (Å²) in [5, 5.41) is 18.6. The summed E-state index contributed by atoms with van der Waals surface area (Å²) < 4.78 is 0. The Kier molecular flexibility index (Phi) is 5.29. The molecule has 0 aromatic heterocycles. The number of rotatable bonds is 6. The molecule has 0 aliphatic rings. The molecule has 0 aliphatic carbocycles. The van der Waals surface area contributed by atoms with Crippen LogP contribution in [0.3, 0.4) is 0 Å². The Bertz CT molecular complexity index is 313. The maximum absolute atomic E-state index is 9.70. The van der Waals surface area contributed by atoms with Crippen LogP contribution < -0.4 is 4.90 Å². The summed E-state index contributed by atoms with van der Waals surface area (Å²) in [6, 6.07) is 7.87. The normalized spacial score (nSPS) is 12.5. The third-order valence-electron chi connectivity index (χ3n) is 2.70. The summed E-state index contributed by atoms with van der Waals surface area (Å²) in [6.07, 6.45) is 0.293. The molecule has 0 saturated carbocycles. The second-order valence-electron chi connectivity index (χ2n) is 3.89. The summed E-state index contributed by atoms with van der Waals surface area (Å²) >= 11 is 0. The molecule has 1 rings (SSSR count). The molecule has 2 N–H and O–H groups in total. The Morgan fingerprint density at radius 1 is 1.31 bits per heavy atom. The van der Waals surface area contributed by atoms with Gasteiger partial charge in [-0.05, 0) is 26.3 Å². The number of anilines is 1. The highest BCUT2D eigenvalue weighted by Crippen LogP contribution is 2.25. The Balaban J connectivity index is 2.90. The highest BCUT2D eigenvalue weighted by molar-refractivity contribution is 5.54. The first-order valence-corrected chi connectivity index (χ1v) is 5.83. The van der Waals surface area contributed by atoms with Crippen LogP contribution in [0.2, 0.25) is 0 Å². The van der Waals surface area contributed by atoms with Crippen LogP contribution >= 0.6 is 0 Å². The van der Waals surface area contributed by atoms with Crippen molar-refractivity contribution in [1.82, 2.24) is 0 Å². The Labute approximate surface area is 97.3 Å². The average molecular weight is 223 g/mol. The van der Waals surface area contributed by atoms with E-state index in [1.165, 1.54) is 0 Å². The lowest BCUT2D eigenvalue weighted by molar-refractivity contribution is 0.199. The first kappa shape index (κ1) is 13.0. The quantitative estimate of drug-likeness (QED) is 0.774. The Morgan fingerprint density at radius 3 is 2.56 bits per heavy atom. The van der Waals surface area contributed by atoms with Crippen molar-refractivity contribution in [3.05, 3.63) is 29.8 Å². The molecule has 0 aliphatic heterocycles. The van der Waals surface area contributed by atoms with Crippen molar-refractivity contribution in [2.24, 2.45) is 0 Å². The summed E-state index contributed by atoms with van der Waals surface area (Å²) in [6.45, 7) is 5.75. The van der Waals surface area contributed by atoms with E-state index in [9.17, 15) is 5.11 Å². The molecule has 3 nitrogen and oxygen atoms in total. The number of aliphatic hydroxyl groups excluding tert-OH is 2. The van der Waals surface area contributed by atoms with Crippen molar-refractivity contribution in [2.45, 2.75) is 26.4 Å². The van der Waals surface area contributed by atoms with Crippen molar-refractivity contribution in [3.8, 4) is 0 Å².